The maximum Gasteiger partial charge on any atom is 0.335 e. The highest BCUT2D eigenvalue weighted by Crippen LogP contribution is 2.38. The highest BCUT2D eigenvalue weighted by molar-refractivity contribution is 7.22. The molecule has 0 bridgehead atoms. The predicted molar refractivity (Wildman–Crippen MR) is 145 cm³/mol. The number of carboxylic acids is 1. The number of aromatic nitrogens is 2. The number of aryl methyl sites for hydroxylation is 1. The maximum atomic E-state index is 11.3. The number of thiazole rings is 1. The number of rotatable bonds is 8. The highest BCUT2D eigenvalue weighted by Gasteiger charge is 2.21. The van der Waals surface area contributed by atoms with E-state index in [1.807, 2.05) is 24.3 Å². The second kappa shape index (κ2) is 10.3. The van der Waals surface area contributed by atoms with Crippen LogP contribution in [0.5, 0.6) is 0 Å². The van der Waals surface area contributed by atoms with Gasteiger partial charge in [-0.25, -0.2) is 9.78 Å². The molecule has 0 aliphatic heterocycles. The molecular formula is C27H21Cl2N3O3S. The van der Waals surface area contributed by atoms with Gasteiger partial charge < -0.3 is 14.9 Å². The highest BCUT2D eigenvalue weighted by atomic mass is 35.5. The first-order valence-electron chi connectivity index (χ1n) is 11.3. The van der Waals surface area contributed by atoms with Crippen LogP contribution in [0, 0.1) is 0 Å². The molecule has 5 aromatic rings. The summed E-state index contributed by atoms with van der Waals surface area (Å²) in [6.45, 7) is 2.53. The molecule has 0 aliphatic carbocycles. The van der Waals surface area contributed by atoms with E-state index in [1.165, 1.54) is 11.3 Å². The normalized spacial score (nSPS) is 11.2. The third-order valence-electron chi connectivity index (χ3n) is 5.79. The van der Waals surface area contributed by atoms with E-state index >= 15 is 0 Å². The van der Waals surface area contributed by atoms with Gasteiger partial charge in [-0.1, -0.05) is 70.9 Å². The van der Waals surface area contributed by atoms with Crippen molar-refractivity contribution in [1.29, 1.82) is 0 Å². The van der Waals surface area contributed by atoms with Crippen LogP contribution in [0.25, 0.3) is 32.6 Å². The van der Waals surface area contributed by atoms with Crippen molar-refractivity contribution in [1.82, 2.24) is 10.1 Å². The van der Waals surface area contributed by atoms with Gasteiger partial charge in [0.15, 0.2) is 5.13 Å². The first-order chi connectivity index (χ1) is 17.4. The van der Waals surface area contributed by atoms with Crippen molar-refractivity contribution < 1.29 is 14.4 Å². The molecule has 0 atom stereocenters. The Hall–Kier alpha value is -3.39. The van der Waals surface area contributed by atoms with Gasteiger partial charge in [0.2, 0.25) is 0 Å². The number of aromatic carboxylic acids is 1. The van der Waals surface area contributed by atoms with E-state index < -0.39 is 5.97 Å². The zero-order chi connectivity index (χ0) is 25.2. The number of carboxylic acid groups (broad SMARTS) is 1. The lowest BCUT2D eigenvalue weighted by Crippen LogP contribution is -2.02. The number of carbonyl (C=O) groups is 1. The van der Waals surface area contributed by atoms with Crippen LogP contribution in [0.3, 0.4) is 0 Å². The van der Waals surface area contributed by atoms with Crippen LogP contribution in [0.4, 0.5) is 5.13 Å². The van der Waals surface area contributed by atoms with Gasteiger partial charge in [-0.15, -0.1) is 0 Å². The fourth-order valence-electron chi connectivity index (χ4n) is 4.05. The molecule has 0 amide bonds. The summed E-state index contributed by atoms with van der Waals surface area (Å²) in [7, 11) is 0. The molecule has 0 spiro atoms. The van der Waals surface area contributed by atoms with Crippen molar-refractivity contribution in [3.8, 4) is 22.4 Å². The van der Waals surface area contributed by atoms with Crippen molar-refractivity contribution in [2.45, 2.75) is 26.3 Å². The minimum Gasteiger partial charge on any atom is -0.478 e. The summed E-state index contributed by atoms with van der Waals surface area (Å²) in [5, 5.41) is 18.8. The summed E-state index contributed by atoms with van der Waals surface area (Å²) >= 11 is 14.4. The first-order valence-corrected chi connectivity index (χ1v) is 12.9. The van der Waals surface area contributed by atoms with Gasteiger partial charge in [0.1, 0.15) is 11.5 Å². The van der Waals surface area contributed by atoms with Gasteiger partial charge in [-0.3, -0.25) is 0 Å². The van der Waals surface area contributed by atoms with Crippen molar-refractivity contribution >= 4 is 55.9 Å². The quantitative estimate of drug-likeness (QED) is 0.207. The summed E-state index contributed by atoms with van der Waals surface area (Å²) < 4.78 is 6.66. The minimum absolute atomic E-state index is 0.255. The number of nitrogens with zero attached hydrogens (tertiary/aromatic N) is 2. The molecule has 2 heterocycles. The molecule has 3 aromatic carbocycles. The lowest BCUT2D eigenvalue weighted by atomic mass is 10.0. The van der Waals surface area contributed by atoms with Gasteiger partial charge in [0, 0.05) is 24.1 Å². The second-order valence-electron chi connectivity index (χ2n) is 8.22. The Balaban J connectivity index is 1.44. The van der Waals surface area contributed by atoms with Crippen molar-refractivity contribution in [3.63, 3.8) is 0 Å². The number of hydrogen-bond donors (Lipinski definition) is 2. The first kappa shape index (κ1) is 24.3. The summed E-state index contributed by atoms with van der Waals surface area (Å²) in [5.74, 6) is -0.159. The van der Waals surface area contributed by atoms with Crippen LogP contribution in [-0.4, -0.2) is 21.2 Å². The van der Waals surface area contributed by atoms with E-state index in [9.17, 15) is 9.90 Å². The molecule has 0 radical (unpaired) electrons. The standard InChI is InChI=1S/C27H21Cl2N3O3S/c1-2-5-22-18(25(32-35-22)24-19(28)8-4-9-20(24)29)14-30-27-31-21-11-10-16(13-23(21)36-27)15-6-3-7-17(12-15)26(33)34/h3-4,6-13H,2,5,14H2,1H3,(H,30,31)(H,33,34). The third kappa shape index (κ3) is 4.82. The summed E-state index contributed by atoms with van der Waals surface area (Å²) in [5.41, 5.74) is 5.07. The van der Waals surface area contributed by atoms with Crippen LogP contribution in [0.15, 0.2) is 65.2 Å². The van der Waals surface area contributed by atoms with E-state index in [4.69, 9.17) is 32.7 Å². The minimum atomic E-state index is -0.948. The average molecular weight is 538 g/mol. The molecule has 0 unspecified atom stereocenters. The van der Waals surface area contributed by atoms with Crippen LogP contribution < -0.4 is 5.32 Å². The Bertz CT molecular complexity index is 1560. The van der Waals surface area contributed by atoms with Gasteiger partial charge in [-0.2, -0.15) is 0 Å². The molecule has 5 rings (SSSR count). The zero-order valence-electron chi connectivity index (χ0n) is 19.2. The van der Waals surface area contributed by atoms with Gasteiger partial charge in [0.05, 0.1) is 25.8 Å². The topological polar surface area (TPSA) is 88.3 Å². The molecule has 2 aromatic heterocycles. The molecule has 0 saturated carbocycles. The predicted octanol–water partition coefficient (Wildman–Crippen LogP) is 8.19. The molecule has 0 saturated heterocycles. The number of halogens is 2. The molecule has 36 heavy (non-hydrogen) atoms. The summed E-state index contributed by atoms with van der Waals surface area (Å²) in [4.78, 5) is 16.1. The average Bonchev–Trinajstić information content (AvgIpc) is 3.46. The molecule has 6 nitrogen and oxygen atoms in total. The fourth-order valence-corrected chi connectivity index (χ4v) is 5.52. The van der Waals surface area contributed by atoms with Crippen molar-refractivity contribution in [3.05, 3.63) is 87.6 Å². The van der Waals surface area contributed by atoms with Crippen LogP contribution >= 0.6 is 34.5 Å². The summed E-state index contributed by atoms with van der Waals surface area (Å²) in [6.07, 6.45) is 1.65. The smallest absolute Gasteiger partial charge is 0.335 e. The summed E-state index contributed by atoms with van der Waals surface area (Å²) in [6, 6.07) is 18.2. The zero-order valence-corrected chi connectivity index (χ0v) is 21.5. The van der Waals surface area contributed by atoms with E-state index in [1.54, 1.807) is 36.4 Å². The van der Waals surface area contributed by atoms with Gasteiger partial charge in [-0.05, 0) is 53.9 Å². The number of anilines is 1. The van der Waals surface area contributed by atoms with Crippen molar-refractivity contribution in [2.75, 3.05) is 5.32 Å². The Kier molecular flexibility index (Phi) is 6.96. The number of benzene rings is 3. The Morgan fingerprint density at radius 1 is 1.06 bits per heavy atom. The van der Waals surface area contributed by atoms with Gasteiger partial charge in [0.25, 0.3) is 0 Å². The molecule has 0 fully saturated rings. The van der Waals surface area contributed by atoms with E-state index in [-0.39, 0.29) is 5.56 Å². The van der Waals surface area contributed by atoms with Crippen LogP contribution in [0.2, 0.25) is 10.0 Å². The van der Waals surface area contributed by atoms with E-state index in [0.717, 1.165) is 50.6 Å². The number of nitrogens with one attached hydrogen (secondary N) is 1. The van der Waals surface area contributed by atoms with Crippen LogP contribution in [0.1, 0.15) is 35.0 Å². The van der Waals surface area contributed by atoms with Crippen molar-refractivity contribution in [2.24, 2.45) is 0 Å². The maximum absolute atomic E-state index is 11.3. The van der Waals surface area contributed by atoms with E-state index in [2.05, 4.69) is 17.4 Å². The van der Waals surface area contributed by atoms with Gasteiger partial charge >= 0.3 is 5.97 Å². The van der Waals surface area contributed by atoms with E-state index in [0.29, 0.717) is 27.8 Å². The lowest BCUT2D eigenvalue weighted by molar-refractivity contribution is 0.0697. The third-order valence-corrected chi connectivity index (χ3v) is 7.40. The molecule has 2 N–H and O–H groups in total. The largest absolute Gasteiger partial charge is 0.478 e. The second-order valence-corrected chi connectivity index (χ2v) is 10.1. The SMILES string of the molecule is CCCc1onc(-c2c(Cl)cccc2Cl)c1CNc1nc2ccc(-c3cccc(C(=O)O)c3)cc2s1. The lowest BCUT2D eigenvalue weighted by Gasteiger charge is -2.08. The Labute approximate surface area is 221 Å². The molecular weight excluding hydrogens is 517 g/mol. The molecule has 182 valence electrons. The van der Waals surface area contributed by atoms with Crippen LogP contribution in [-0.2, 0) is 13.0 Å². The Morgan fingerprint density at radius 2 is 1.81 bits per heavy atom. The number of fused-ring (bicyclic) bond motifs is 1. The monoisotopic (exact) mass is 537 g/mol. The number of hydrogen-bond acceptors (Lipinski definition) is 6. The Morgan fingerprint density at radius 3 is 2.56 bits per heavy atom. The molecule has 0 aliphatic rings. The molecule has 9 heteroatoms. The fraction of sp³-hybridized carbons (Fsp3) is 0.148.